The van der Waals surface area contributed by atoms with Crippen LogP contribution in [-0.2, 0) is 19.0 Å². The molecule has 2 unspecified atom stereocenters. The van der Waals surface area contributed by atoms with Gasteiger partial charge in [0.25, 0.3) is 0 Å². The third-order valence-electron chi connectivity index (χ3n) is 6.57. The number of nitrogens with one attached hydrogen (secondary N) is 1. The van der Waals surface area contributed by atoms with Crippen molar-refractivity contribution in [1.82, 2.24) is 5.32 Å². The maximum absolute atomic E-state index is 15.2. The van der Waals surface area contributed by atoms with Gasteiger partial charge in [0.05, 0.1) is 29.8 Å². The van der Waals surface area contributed by atoms with Gasteiger partial charge in [-0.05, 0) is 65.2 Å². The van der Waals surface area contributed by atoms with Crippen molar-refractivity contribution in [3.8, 4) is 11.5 Å². The van der Waals surface area contributed by atoms with Gasteiger partial charge < -0.3 is 14.6 Å². The van der Waals surface area contributed by atoms with E-state index in [1.807, 2.05) is 0 Å². The predicted molar refractivity (Wildman–Crippen MR) is 142 cm³/mol. The maximum atomic E-state index is 15.2. The number of aliphatic hydroxyl groups excluding tert-OH is 1. The van der Waals surface area contributed by atoms with E-state index in [4.69, 9.17) is 4.74 Å². The number of hydrogen-bond acceptors (Lipinski definition) is 4. The largest absolute Gasteiger partial charge is 0.573 e. The fraction of sp³-hybridized carbons (Fsp3) is 0.226. The minimum atomic E-state index is -5.03. The molecule has 4 aromatic rings. The number of aliphatic hydroxyl groups is 1. The molecule has 14 heteroatoms. The fourth-order valence-corrected chi connectivity index (χ4v) is 4.55. The number of benzene rings is 4. The number of halogens is 10. The molecule has 4 rings (SSSR count). The molecule has 2 N–H and O–H groups in total. The lowest BCUT2D eigenvalue weighted by atomic mass is 9.91. The zero-order valence-corrected chi connectivity index (χ0v) is 22.8. The van der Waals surface area contributed by atoms with Gasteiger partial charge in [-0.2, -0.15) is 26.3 Å². The van der Waals surface area contributed by atoms with Gasteiger partial charge >= 0.3 is 18.7 Å². The van der Waals surface area contributed by atoms with Crippen LogP contribution >= 0.6 is 0 Å². The average Bonchev–Trinajstić information content (AvgIpc) is 2.96. The summed E-state index contributed by atoms with van der Waals surface area (Å²) >= 11 is 0. The van der Waals surface area contributed by atoms with Crippen LogP contribution in [0.1, 0.15) is 45.5 Å². The molecule has 0 saturated carbocycles. The van der Waals surface area contributed by atoms with Crippen LogP contribution in [0.2, 0.25) is 0 Å². The predicted octanol–water partition coefficient (Wildman–Crippen LogP) is 8.75. The third-order valence-corrected chi connectivity index (χ3v) is 6.57. The first-order valence-electron chi connectivity index (χ1n) is 13.0. The molecule has 0 saturated heterocycles. The SMILES string of the molecule is OCC(NC(c1cccc(OCc2ccc(OC(F)(F)F)cc2)c1)c1c(F)cccc1C(F)(F)F)c1cccc(C(F)(F)F)c1. The number of ether oxygens (including phenoxy) is 2. The smallest absolute Gasteiger partial charge is 0.489 e. The molecule has 0 heterocycles. The highest BCUT2D eigenvalue weighted by molar-refractivity contribution is 5.43. The Balaban J connectivity index is 1.70. The van der Waals surface area contributed by atoms with Gasteiger partial charge in [-0.1, -0.05) is 42.5 Å². The first-order valence-corrected chi connectivity index (χ1v) is 13.0. The van der Waals surface area contributed by atoms with Crippen molar-refractivity contribution in [2.75, 3.05) is 6.61 Å². The van der Waals surface area contributed by atoms with Crippen LogP contribution in [-0.4, -0.2) is 18.1 Å². The summed E-state index contributed by atoms with van der Waals surface area (Å²) in [4.78, 5) is 0. The number of hydrogen-bond donors (Lipinski definition) is 2. The molecule has 240 valence electrons. The lowest BCUT2D eigenvalue weighted by molar-refractivity contribution is -0.274. The van der Waals surface area contributed by atoms with E-state index < -0.39 is 65.7 Å². The molecule has 0 aliphatic carbocycles. The van der Waals surface area contributed by atoms with Crippen LogP contribution < -0.4 is 14.8 Å². The van der Waals surface area contributed by atoms with Crippen LogP contribution in [0.25, 0.3) is 0 Å². The Bertz CT molecular complexity index is 1580. The summed E-state index contributed by atoms with van der Waals surface area (Å²) in [7, 11) is 0. The molecule has 4 nitrogen and oxygen atoms in total. The molecule has 0 amide bonds. The second-order valence-corrected chi connectivity index (χ2v) is 9.71. The Morgan fingerprint density at radius 2 is 1.33 bits per heavy atom. The van der Waals surface area contributed by atoms with Crippen LogP contribution in [0.4, 0.5) is 43.9 Å². The van der Waals surface area contributed by atoms with Crippen molar-refractivity contribution in [2.24, 2.45) is 0 Å². The van der Waals surface area contributed by atoms with Gasteiger partial charge in [0, 0.05) is 5.56 Å². The van der Waals surface area contributed by atoms with Crippen LogP contribution in [0.5, 0.6) is 11.5 Å². The Morgan fingerprint density at radius 3 is 1.96 bits per heavy atom. The molecular formula is C31H23F10NO3. The summed E-state index contributed by atoms with van der Waals surface area (Å²) in [6.07, 6.45) is -14.7. The van der Waals surface area contributed by atoms with Crippen molar-refractivity contribution in [3.05, 3.63) is 130 Å². The quantitative estimate of drug-likeness (QED) is 0.169. The van der Waals surface area contributed by atoms with Crippen molar-refractivity contribution in [3.63, 3.8) is 0 Å². The lowest BCUT2D eigenvalue weighted by Gasteiger charge is -2.29. The van der Waals surface area contributed by atoms with Crippen LogP contribution in [0.3, 0.4) is 0 Å². The number of alkyl halides is 9. The standard InChI is InChI=1S/C31H23F10NO3/c32-25-9-3-8-24(30(36,37)38)27(25)28(42-26(16-43)19-4-1-6-21(14-19)29(33,34)35)20-5-2-7-23(15-20)44-17-18-10-12-22(13-11-18)45-31(39,40)41/h1-15,26,28,42-43H,16-17H2. The third kappa shape index (κ3) is 8.88. The molecule has 0 fully saturated rings. The van der Waals surface area contributed by atoms with E-state index in [2.05, 4.69) is 10.1 Å². The summed E-state index contributed by atoms with van der Waals surface area (Å²) in [5, 5.41) is 12.8. The van der Waals surface area contributed by atoms with Gasteiger partial charge in [0.2, 0.25) is 0 Å². The summed E-state index contributed by atoms with van der Waals surface area (Å²) in [6, 6.07) is 13.2. The average molecular weight is 648 g/mol. The monoisotopic (exact) mass is 647 g/mol. The maximum Gasteiger partial charge on any atom is 0.573 e. The van der Waals surface area contributed by atoms with Gasteiger partial charge in [0.1, 0.15) is 23.9 Å². The zero-order valence-electron chi connectivity index (χ0n) is 22.8. The summed E-state index contributed by atoms with van der Waals surface area (Å²) in [5.74, 6) is -1.67. The fourth-order valence-electron chi connectivity index (χ4n) is 4.55. The molecule has 0 aliphatic heterocycles. The van der Waals surface area contributed by atoms with Gasteiger partial charge in [0.15, 0.2) is 0 Å². The normalized spacial score (nSPS) is 13.8. The van der Waals surface area contributed by atoms with E-state index in [-0.39, 0.29) is 23.5 Å². The molecule has 4 aromatic carbocycles. The molecule has 0 spiro atoms. The number of rotatable bonds is 10. The molecular weight excluding hydrogens is 624 g/mol. The van der Waals surface area contributed by atoms with E-state index >= 15 is 4.39 Å². The molecule has 0 aliphatic rings. The van der Waals surface area contributed by atoms with Crippen molar-refractivity contribution in [1.29, 1.82) is 0 Å². The molecule has 0 radical (unpaired) electrons. The summed E-state index contributed by atoms with van der Waals surface area (Å²) in [5.41, 5.74) is -2.99. The van der Waals surface area contributed by atoms with E-state index in [9.17, 15) is 44.6 Å². The highest BCUT2D eigenvalue weighted by atomic mass is 19.4. The van der Waals surface area contributed by atoms with Crippen molar-refractivity contribution >= 4 is 0 Å². The zero-order chi connectivity index (χ0) is 33.0. The minimum absolute atomic E-state index is 0.00227. The Labute approximate surface area is 249 Å². The first-order chi connectivity index (χ1) is 21.0. The van der Waals surface area contributed by atoms with Crippen molar-refractivity contribution in [2.45, 2.75) is 37.4 Å². The van der Waals surface area contributed by atoms with E-state index in [0.29, 0.717) is 11.6 Å². The van der Waals surface area contributed by atoms with Gasteiger partial charge in [-0.15, -0.1) is 13.2 Å². The second kappa shape index (κ2) is 13.4. The Hall–Kier alpha value is -4.30. The van der Waals surface area contributed by atoms with E-state index in [1.54, 1.807) is 0 Å². The second-order valence-electron chi connectivity index (χ2n) is 9.71. The van der Waals surface area contributed by atoms with E-state index in [0.717, 1.165) is 42.5 Å². The molecule has 2 atom stereocenters. The highest BCUT2D eigenvalue weighted by Crippen LogP contribution is 2.40. The summed E-state index contributed by atoms with van der Waals surface area (Å²) in [6.45, 7) is -1.05. The molecule has 0 bridgehead atoms. The highest BCUT2D eigenvalue weighted by Gasteiger charge is 2.38. The molecule has 45 heavy (non-hydrogen) atoms. The minimum Gasteiger partial charge on any atom is -0.489 e. The topological polar surface area (TPSA) is 50.7 Å². The first kappa shape index (κ1) is 33.6. The van der Waals surface area contributed by atoms with Crippen molar-refractivity contribution < 1.29 is 58.5 Å². The Morgan fingerprint density at radius 1 is 0.689 bits per heavy atom. The Kier molecular flexibility index (Phi) is 9.98. The van der Waals surface area contributed by atoms with E-state index in [1.165, 1.54) is 42.5 Å². The van der Waals surface area contributed by atoms with Gasteiger partial charge in [-0.25, -0.2) is 4.39 Å². The van der Waals surface area contributed by atoms with Crippen LogP contribution in [0, 0.1) is 5.82 Å². The molecule has 0 aromatic heterocycles. The lowest BCUT2D eigenvalue weighted by Crippen LogP contribution is -2.32. The van der Waals surface area contributed by atoms with Crippen LogP contribution in [0.15, 0.2) is 91.0 Å². The summed E-state index contributed by atoms with van der Waals surface area (Å²) < 4.78 is 144. The van der Waals surface area contributed by atoms with Gasteiger partial charge in [-0.3, -0.25) is 5.32 Å².